The first-order valence-electron chi connectivity index (χ1n) is 5.75. The number of halogens is 2. The Bertz CT molecular complexity index is 529. The van der Waals surface area contributed by atoms with Crippen LogP contribution in [0.5, 0.6) is 0 Å². The largest absolute Gasteiger partial charge is 0.330 e. The lowest BCUT2D eigenvalue weighted by molar-refractivity contribution is 0.694. The number of hydrogen-bond donors (Lipinski definition) is 1. The van der Waals surface area contributed by atoms with Crippen LogP contribution in [0.25, 0.3) is 0 Å². The highest BCUT2D eigenvalue weighted by molar-refractivity contribution is 6.31. The molecule has 4 heteroatoms. The van der Waals surface area contributed by atoms with Gasteiger partial charge in [-0.15, -0.1) is 0 Å². The number of pyridine rings is 1. The predicted octanol–water partition coefficient (Wildman–Crippen LogP) is 3.67. The molecule has 1 aromatic heterocycles. The van der Waals surface area contributed by atoms with Crippen molar-refractivity contribution in [3.05, 3.63) is 63.9 Å². The number of rotatable bonds is 4. The highest BCUT2D eigenvalue weighted by Gasteiger charge is 2.15. The van der Waals surface area contributed by atoms with Crippen molar-refractivity contribution in [1.82, 2.24) is 4.98 Å². The van der Waals surface area contributed by atoms with Crippen LogP contribution >= 0.6 is 23.2 Å². The van der Waals surface area contributed by atoms with Crippen molar-refractivity contribution >= 4 is 23.2 Å². The van der Waals surface area contributed by atoms with E-state index in [4.69, 9.17) is 28.9 Å². The Hall–Kier alpha value is -1.09. The maximum Gasteiger partial charge on any atom is 0.0621 e. The molecule has 0 fully saturated rings. The number of benzene rings is 1. The molecule has 0 spiro atoms. The Kier molecular flexibility index (Phi) is 4.59. The van der Waals surface area contributed by atoms with Gasteiger partial charge in [0.2, 0.25) is 0 Å². The molecule has 2 N–H and O–H groups in total. The van der Waals surface area contributed by atoms with Gasteiger partial charge in [-0.3, -0.25) is 4.98 Å². The Balaban J connectivity index is 2.26. The first kappa shape index (κ1) is 13.3. The van der Waals surface area contributed by atoms with Gasteiger partial charge in [0.05, 0.1) is 5.02 Å². The molecule has 1 heterocycles. The molecule has 0 aliphatic rings. The molecule has 18 heavy (non-hydrogen) atoms. The Morgan fingerprint density at radius 1 is 1.11 bits per heavy atom. The molecule has 1 atom stereocenters. The first-order valence-corrected chi connectivity index (χ1v) is 6.51. The highest BCUT2D eigenvalue weighted by atomic mass is 35.5. The Morgan fingerprint density at radius 3 is 2.56 bits per heavy atom. The summed E-state index contributed by atoms with van der Waals surface area (Å²) in [5.41, 5.74) is 7.96. The zero-order valence-electron chi connectivity index (χ0n) is 9.81. The fourth-order valence-electron chi connectivity index (χ4n) is 1.96. The summed E-state index contributed by atoms with van der Waals surface area (Å²) in [7, 11) is 0. The maximum atomic E-state index is 6.20. The molecular weight excluding hydrogens is 267 g/mol. The second-order valence-electron chi connectivity index (χ2n) is 4.13. The van der Waals surface area contributed by atoms with Crippen molar-refractivity contribution in [2.75, 3.05) is 6.54 Å². The molecule has 2 nitrogen and oxygen atoms in total. The minimum absolute atomic E-state index is 0.165. The highest BCUT2D eigenvalue weighted by Crippen LogP contribution is 2.28. The lowest BCUT2D eigenvalue weighted by atomic mass is 9.92. The molecule has 0 saturated heterocycles. The van der Waals surface area contributed by atoms with Crippen molar-refractivity contribution < 1.29 is 0 Å². The van der Waals surface area contributed by atoms with Crippen molar-refractivity contribution in [3.8, 4) is 0 Å². The van der Waals surface area contributed by atoms with Crippen molar-refractivity contribution in [2.45, 2.75) is 12.3 Å². The number of nitrogens with two attached hydrogens (primary N) is 1. The zero-order chi connectivity index (χ0) is 13.0. The summed E-state index contributed by atoms with van der Waals surface area (Å²) in [6.45, 7) is 0.530. The quantitative estimate of drug-likeness (QED) is 0.928. The van der Waals surface area contributed by atoms with Crippen molar-refractivity contribution in [1.29, 1.82) is 0 Å². The van der Waals surface area contributed by atoms with E-state index in [1.165, 1.54) is 0 Å². The van der Waals surface area contributed by atoms with Crippen LogP contribution in [0.2, 0.25) is 10.0 Å². The fraction of sp³-hybridized carbons (Fsp3) is 0.214. The van der Waals surface area contributed by atoms with Gasteiger partial charge in [-0.25, -0.2) is 0 Å². The van der Waals surface area contributed by atoms with Crippen LogP contribution in [0.15, 0.2) is 42.7 Å². The molecule has 2 rings (SSSR count). The molecular formula is C14H14Cl2N2. The van der Waals surface area contributed by atoms with E-state index in [2.05, 4.69) is 4.98 Å². The van der Waals surface area contributed by atoms with Gasteiger partial charge < -0.3 is 5.73 Å². The van der Waals surface area contributed by atoms with Crippen LogP contribution in [0.4, 0.5) is 0 Å². The zero-order valence-corrected chi connectivity index (χ0v) is 11.3. The van der Waals surface area contributed by atoms with Gasteiger partial charge >= 0.3 is 0 Å². The van der Waals surface area contributed by atoms with Crippen molar-refractivity contribution in [3.63, 3.8) is 0 Å². The van der Waals surface area contributed by atoms with E-state index in [0.29, 0.717) is 11.6 Å². The molecule has 94 valence electrons. The maximum absolute atomic E-state index is 6.20. The van der Waals surface area contributed by atoms with Gasteiger partial charge in [0, 0.05) is 23.3 Å². The molecule has 0 aliphatic carbocycles. The second-order valence-corrected chi connectivity index (χ2v) is 4.94. The van der Waals surface area contributed by atoms with E-state index >= 15 is 0 Å². The normalized spacial score (nSPS) is 12.4. The molecule has 1 aromatic carbocycles. The van der Waals surface area contributed by atoms with Gasteiger partial charge in [0.15, 0.2) is 0 Å². The summed E-state index contributed by atoms with van der Waals surface area (Å²) in [6, 6.07) is 9.70. The lowest BCUT2D eigenvalue weighted by Crippen LogP contribution is -2.15. The molecule has 0 saturated carbocycles. The number of nitrogens with zero attached hydrogens (tertiary/aromatic N) is 1. The SMILES string of the molecule is NCC(Cc1ccncc1Cl)c1ccccc1Cl. The van der Waals surface area contributed by atoms with Gasteiger partial charge in [-0.2, -0.15) is 0 Å². The third kappa shape index (κ3) is 3.02. The van der Waals surface area contributed by atoms with E-state index < -0.39 is 0 Å². The van der Waals surface area contributed by atoms with Crippen LogP contribution < -0.4 is 5.73 Å². The van der Waals surface area contributed by atoms with Crippen molar-refractivity contribution in [2.24, 2.45) is 5.73 Å². The third-order valence-electron chi connectivity index (χ3n) is 2.95. The minimum Gasteiger partial charge on any atom is -0.330 e. The molecule has 2 aromatic rings. The average Bonchev–Trinajstić information content (AvgIpc) is 2.39. The smallest absolute Gasteiger partial charge is 0.0621 e. The van der Waals surface area contributed by atoms with Crippen LogP contribution in [0.1, 0.15) is 17.0 Å². The van der Waals surface area contributed by atoms with Crippen LogP contribution in [-0.4, -0.2) is 11.5 Å². The fourth-order valence-corrected chi connectivity index (χ4v) is 2.45. The summed E-state index contributed by atoms with van der Waals surface area (Å²) in [5, 5.41) is 1.42. The standard InChI is InChI=1S/C14H14Cl2N2/c15-13-4-2-1-3-12(13)11(8-17)7-10-5-6-18-9-14(10)16/h1-6,9,11H,7-8,17H2. The third-order valence-corrected chi connectivity index (χ3v) is 3.64. The minimum atomic E-state index is 0.165. The summed E-state index contributed by atoms with van der Waals surface area (Å²) in [6.07, 6.45) is 4.15. The van der Waals surface area contributed by atoms with Crippen LogP contribution in [0, 0.1) is 0 Å². The Labute approximate surface area is 117 Å². The summed E-state index contributed by atoms with van der Waals surface area (Å²) in [4.78, 5) is 3.98. The molecule has 0 aliphatic heterocycles. The van der Waals surface area contributed by atoms with Gasteiger partial charge in [-0.1, -0.05) is 41.4 Å². The van der Waals surface area contributed by atoms with E-state index in [1.54, 1.807) is 12.4 Å². The van der Waals surface area contributed by atoms with E-state index in [0.717, 1.165) is 22.6 Å². The molecule has 0 amide bonds. The second kappa shape index (κ2) is 6.19. The monoisotopic (exact) mass is 280 g/mol. The lowest BCUT2D eigenvalue weighted by Gasteiger charge is -2.17. The summed E-state index contributed by atoms with van der Waals surface area (Å²) >= 11 is 12.3. The molecule has 0 bridgehead atoms. The summed E-state index contributed by atoms with van der Waals surface area (Å²) in [5.74, 6) is 0.165. The topological polar surface area (TPSA) is 38.9 Å². The van der Waals surface area contributed by atoms with Gasteiger partial charge in [0.1, 0.15) is 0 Å². The van der Waals surface area contributed by atoms with E-state index in [9.17, 15) is 0 Å². The van der Waals surface area contributed by atoms with Gasteiger partial charge in [-0.05, 0) is 36.2 Å². The number of aromatic nitrogens is 1. The van der Waals surface area contributed by atoms with E-state index in [-0.39, 0.29) is 5.92 Å². The number of hydrogen-bond acceptors (Lipinski definition) is 2. The molecule has 1 unspecified atom stereocenters. The predicted molar refractivity (Wildman–Crippen MR) is 76.2 cm³/mol. The molecule has 0 radical (unpaired) electrons. The summed E-state index contributed by atoms with van der Waals surface area (Å²) < 4.78 is 0. The average molecular weight is 281 g/mol. The van der Waals surface area contributed by atoms with Crippen LogP contribution in [0.3, 0.4) is 0 Å². The first-order chi connectivity index (χ1) is 8.72. The van der Waals surface area contributed by atoms with Gasteiger partial charge in [0.25, 0.3) is 0 Å². The Morgan fingerprint density at radius 2 is 1.89 bits per heavy atom. The van der Waals surface area contributed by atoms with Crippen LogP contribution in [-0.2, 0) is 6.42 Å². The van der Waals surface area contributed by atoms with E-state index in [1.807, 2.05) is 30.3 Å².